The maximum absolute atomic E-state index is 12.8. The van der Waals surface area contributed by atoms with E-state index in [4.69, 9.17) is 10.8 Å². The van der Waals surface area contributed by atoms with Crippen molar-refractivity contribution < 1.29 is 23.1 Å². The van der Waals surface area contributed by atoms with E-state index in [1.54, 1.807) is 0 Å². The number of nitrogens with two attached hydrogens (primary N) is 1. The maximum Gasteiger partial charge on any atom is 0.418 e. The van der Waals surface area contributed by atoms with Crippen molar-refractivity contribution in [3.63, 3.8) is 0 Å². The Hall–Kier alpha value is -1.76. The molecule has 0 saturated carbocycles. The van der Waals surface area contributed by atoms with Crippen molar-refractivity contribution in [2.45, 2.75) is 25.4 Å². The topological polar surface area (TPSA) is 66.6 Å². The average molecular weight is 304 g/mol. The van der Waals surface area contributed by atoms with Gasteiger partial charge in [-0.25, -0.2) is 0 Å². The smallest absolute Gasteiger partial charge is 0.398 e. The molecule has 0 bridgehead atoms. The Morgan fingerprint density at radius 2 is 1.95 bits per heavy atom. The second-order valence-electron chi connectivity index (χ2n) is 4.78. The van der Waals surface area contributed by atoms with Gasteiger partial charge in [-0.2, -0.15) is 13.2 Å². The second-order valence-corrected chi connectivity index (χ2v) is 4.78. The summed E-state index contributed by atoms with van der Waals surface area (Å²) >= 11 is 0. The predicted molar refractivity (Wildman–Crippen MR) is 73.8 cm³/mol. The molecule has 0 heterocycles. The first-order valence-corrected chi connectivity index (χ1v) is 6.61. The van der Waals surface area contributed by atoms with Gasteiger partial charge in [0, 0.05) is 20.2 Å². The molecule has 0 atom stereocenters. The van der Waals surface area contributed by atoms with E-state index in [2.05, 4.69) is 0 Å². The number of hydrogen-bond donors (Lipinski definition) is 2. The standard InChI is InChI=1S/C14H19F3N2O2/c1-19(8-3-2-4-9-20)13(21)10-6-5-7-11(12(10)18)14(15,16)17/h5-7,20H,2-4,8-9,18H2,1H3. The number of carbonyl (C=O) groups is 1. The molecule has 0 aliphatic rings. The van der Waals surface area contributed by atoms with Crippen LogP contribution in [0.15, 0.2) is 18.2 Å². The molecule has 7 heteroatoms. The van der Waals surface area contributed by atoms with Crippen LogP contribution >= 0.6 is 0 Å². The van der Waals surface area contributed by atoms with Gasteiger partial charge in [-0.1, -0.05) is 6.07 Å². The number of unbranched alkanes of at least 4 members (excludes halogenated alkanes) is 2. The number of aliphatic hydroxyl groups is 1. The number of halogens is 3. The van der Waals surface area contributed by atoms with Crippen molar-refractivity contribution >= 4 is 11.6 Å². The van der Waals surface area contributed by atoms with E-state index < -0.39 is 23.3 Å². The van der Waals surface area contributed by atoms with Crippen LogP contribution in [0.4, 0.5) is 18.9 Å². The third kappa shape index (κ3) is 4.63. The van der Waals surface area contributed by atoms with Gasteiger partial charge < -0.3 is 15.7 Å². The van der Waals surface area contributed by atoms with Crippen molar-refractivity contribution in [3.05, 3.63) is 29.3 Å². The first kappa shape index (κ1) is 17.3. The number of rotatable bonds is 6. The second kappa shape index (κ2) is 7.31. The fourth-order valence-corrected chi connectivity index (χ4v) is 1.94. The quantitative estimate of drug-likeness (QED) is 0.627. The van der Waals surface area contributed by atoms with Gasteiger partial charge in [-0.15, -0.1) is 0 Å². The van der Waals surface area contributed by atoms with E-state index in [1.165, 1.54) is 24.1 Å². The highest BCUT2D eigenvalue weighted by Gasteiger charge is 2.34. The largest absolute Gasteiger partial charge is 0.418 e. The molecule has 1 rings (SSSR count). The lowest BCUT2D eigenvalue weighted by Crippen LogP contribution is -2.29. The summed E-state index contributed by atoms with van der Waals surface area (Å²) in [6.45, 7) is 0.479. The number of benzene rings is 1. The minimum Gasteiger partial charge on any atom is -0.398 e. The van der Waals surface area contributed by atoms with Gasteiger partial charge >= 0.3 is 6.18 Å². The summed E-state index contributed by atoms with van der Waals surface area (Å²) in [5, 5.41) is 8.66. The molecule has 1 aromatic carbocycles. The van der Waals surface area contributed by atoms with E-state index >= 15 is 0 Å². The van der Waals surface area contributed by atoms with Gasteiger partial charge in [0.2, 0.25) is 0 Å². The Balaban J connectivity index is 2.83. The van der Waals surface area contributed by atoms with Crippen LogP contribution in [0.1, 0.15) is 35.2 Å². The van der Waals surface area contributed by atoms with Gasteiger partial charge in [0.1, 0.15) is 0 Å². The highest BCUT2D eigenvalue weighted by atomic mass is 19.4. The average Bonchev–Trinajstić information content (AvgIpc) is 2.41. The van der Waals surface area contributed by atoms with Crippen molar-refractivity contribution in [1.82, 2.24) is 4.90 Å². The molecule has 0 aliphatic heterocycles. The summed E-state index contributed by atoms with van der Waals surface area (Å²) in [6, 6.07) is 3.32. The molecule has 21 heavy (non-hydrogen) atoms. The summed E-state index contributed by atoms with van der Waals surface area (Å²) < 4.78 is 38.3. The van der Waals surface area contributed by atoms with Gasteiger partial charge in [-0.3, -0.25) is 4.79 Å². The molecule has 1 aromatic rings. The summed E-state index contributed by atoms with van der Waals surface area (Å²) in [5.41, 5.74) is 3.80. The van der Waals surface area contributed by atoms with Crippen LogP contribution in [0.3, 0.4) is 0 Å². The van der Waals surface area contributed by atoms with Crippen molar-refractivity contribution in [3.8, 4) is 0 Å². The Labute approximate surface area is 121 Å². The number of para-hydroxylation sites is 1. The van der Waals surface area contributed by atoms with E-state index in [0.29, 0.717) is 19.4 Å². The zero-order valence-corrected chi connectivity index (χ0v) is 11.8. The van der Waals surface area contributed by atoms with E-state index in [0.717, 1.165) is 12.5 Å². The molecule has 4 nitrogen and oxygen atoms in total. The van der Waals surface area contributed by atoms with Crippen LogP contribution in [0.2, 0.25) is 0 Å². The minimum atomic E-state index is -4.58. The number of nitrogen functional groups attached to an aromatic ring is 1. The number of aliphatic hydroxyl groups excluding tert-OH is 1. The van der Waals surface area contributed by atoms with Gasteiger partial charge in [-0.05, 0) is 31.4 Å². The Morgan fingerprint density at radius 3 is 2.52 bits per heavy atom. The highest BCUT2D eigenvalue weighted by Crippen LogP contribution is 2.35. The molecule has 3 N–H and O–H groups in total. The molecule has 0 saturated heterocycles. The Bertz CT molecular complexity index is 490. The minimum absolute atomic E-state index is 0.0816. The lowest BCUT2D eigenvalue weighted by molar-refractivity contribution is -0.136. The zero-order chi connectivity index (χ0) is 16.0. The van der Waals surface area contributed by atoms with Gasteiger partial charge in [0.25, 0.3) is 5.91 Å². The van der Waals surface area contributed by atoms with E-state index in [9.17, 15) is 18.0 Å². The molecule has 0 aromatic heterocycles. The van der Waals surface area contributed by atoms with Crippen LogP contribution in [0, 0.1) is 0 Å². The monoisotopic (exact) mass is 304 g/mol. The van der Waals surface area contributed by atoms with Crippen LogP contribution in [-0.4, -0.2) is 36.1 Å². The zero-order valence-electron chi connectivity index (χ0n) is 11.8. The van der Waals surface area contributed by atoms with Crippen molar-refractivity contribution in [1.29, 1.82) is 0 Å². The van der Waals surface area contributed by atoms with Crippen LogP contribution in [0.5, 0.6) is 0 Å². The summed E-state index contributed by atoms with van der Waals surface area (Å²) in [5.74, 6) is -0.539. The lowest BCUT2D eigenvalue weighted by Gasteiger charge is -2.19. The van der Waals surface area contributed by atoms with Gasteiger partial charge in [0.05, 0.1) is 16.8 Å². The summed E-state index contributed by atoms with van der Waals surface area (Å²) in [7, 11) is 1.51. The Morgan fingerprint density at radius 1 is 1.29 bits per heavy atom. The molecule has 0 fully saturated rings. The molecular weight excluding hydrogens is 285 g/mol. The lowest BCUT2D eigenvalue weighted by atomic mass is 10.1. The van der Waals surface area contributed by atoms with E-state index in [1.807, 2.05) is 0 Å². The van der Waals surface area contributed by atoms with Crippen LogP contribution < -0.4 is 5.73 Å². The molecule has 0 radical (unpaired) electrons. The molecule has 1 amide bonds. The first-order valence-electron chi connectivity index (χ1n) is 6.61. The number of carbonyl (C=O) groups excluding carboxylic acids is 1. The SMILES string of the molecule is CN(CCCCCO)C(=O)c1cccc(C(F)(F)F)c1N. The summed E-state index contributed by atoms with van der Waals surface area (Å²) in [4.78, 5) is 13.5. The number of nitrogens with zero attached hydrogens (tertiary/aromatic N) is 1. The number of anilines is 1. The molecule has 0 spiro atoms. The highest BCUT2D eigenvalue weighted by molar-refractivity contribution is 5.99. The van der Waals surface area contributed by atoms with Crippen molar-refractivity contribution in [2.75, 3.05) is 25.9 Å². The Kier molecular flexibility index (Phi) is 6.02. The number of alkyl halides is 3. The third-order valence-electron chi connectivity index (χ3n) is 3.14. The van der Waals surface area contributed by atoms with E-state index in [-0.39, 0.29) is 12.2 Å². The number of hydrogen-bond acceptors (Lipinski definition) is 3. The molecular formula is C14H19F3N2O2. The molecule has 0 unspecified atom stereocenters. The number of amides is 1. The third-order valence-corrected chi connectivity index (χ3v) is 3.14. The van der Waals surface area contributed by atoms with Crippen LogP contribution in [0.25, 0.3) is 0 Å². The fraction of sp³-hybridized carbons (Fsp3) is 0.500. The predicted octanol–water partition coefficient (Wildman–Crippen LogP) is 2.52. The normalized spacial score (nSPS) is 11.5. The first-order chi connectivity index (χ1) is 9.79. The molecule has 118 valence electrons. The maximum atomic E-state index is 12.8. The van der Waals surface area contributed by atoms with Crippen LogP contribution in [-0.2, 0) is 6.18 Å². The van der Waals surface area contributed by atoms with Gasteiger partial charge in [0.15, 0.2) is 0 Å². The summed E-state index contributed by atoms with van der Waals surface area (Å²) in [6.07, 6.45) is -2.54. The molecule has 0 aliphatic carbocycles. The van der Waals surface area contributed by atoms with Crippen molar-refractivity contribution in [2.24, 2.45) is 0 Å². The fourth-order valence-electron chi connectivity index (χ4n) is 1.94.